The van der Waals surface area contributed by atoms with E-state index >= 15 is 0 Å². The molecular weight excluding hydrogens is 219 g/mol. The van der Waals surface area contributed by atoms with Crippen LogP contribution in [0.3, 0.4) is 0 Å². The molecule has 0 heterocycles. The van der Waals surface area contributed by atoms with Gasteiger partial charge in [-0.2, -0.15) is 0 Å². The number of aliphatic hydroxyl groups excluding tert-OH is 1. The van der Waals surface area contributed by atoms with Gasteiger partial charge in [-0.15, -0.1) is 0 Å². The molecule has 0 spiro atoms. The fourth-order valence-electron chi connectivity index (χ4n) is 1.36. The third-order valence-corrected chi connectivity index (χ3v) is 2.09. The zero-order valence-electron chi connectivity index (χ0n) is 8.90. The molecule has 0 radical (unpaired) electrons. The van der Waals surface area contributed by atoms with E-state index in [0.29, 0.717) is 12.8 Å². The summed E-state index contributed by atoms with van der Waals surface area (Å²) in [6.07, 6.45) is 2.16. The summed E-state index contributed by atoms with van der Waals surface area (Å²) in [5, 5.41) is 19.3. The first-order valence-corrected chi connectivity index (χ1v) is 4.66. The van der Waals surface area contributed by atoms with Crippen LogP contribution in [0, 0.1) is 0 Å². The van der Waals surface area contributed by atoms with Crippen molar-refractivity contribution in [1.82, 2.24) is 0 Å². The van der Waals surface area contributed by atoms with Crippen molar-refractivity contribution >= 4 is 5.97 Å². The topological polar surface area (TPSA) is 60.4 Å². The van der Waals surface area contributed by atoms with Gasteiger partial charge in [0.05, 0.1) is 5.97 Å². The van der Waals surface area contributed by atoms with Gasteiger partial charge in [0.2, 0.25) is 0 Å². The molecule has 1 aromatic rings. The Morgan fingerprint density at radius 1 is 1.27 bits per heavy atom. The maximum atomic E-state index is 10.7. The predicted octanol–water partition coefficient (Wildman–Crippen LogP) is -2.63. The molecule has 76 valence electrons. The molecule has 0 amide bonds. The minimum Gasteiger partial charge on any atom is -0.545 e. The van der Waals surface area contributed by atoms with Crippen molar-refractivity contribution < 1.29 is 66.4 Å². The maximum Gasteiger partial charge on any atom is 1.00 e. The second-order valence-corrected chi connectivity index (χ2v) is 3.13. The van der Waals surface area contributed by atoms with E-state index in [1.54, 1.807) is 24.3 Å². The number of aromatic carboxylic acids is 1. The van der Waals surface area contributed by atoms with Gasteiger partial charge in [0.1, 0.15) is 0 Å². The molecule has 0 saturated heterocycles. The molecule has 0 atom stereocenters. The normalized spacial score (nSPS) is 9.40. The molecular formula is C11H13KO3. The van der Waals surface area contributed by atoms with Crippen LogP contribution in [0.1, 0.15) is 28.8 Å². The van der Waals surface area contributed by atoms with Gasteiger partial charge in [-0.3, -0.25) is 0 Å². The van der Waals surface area contributed by atoms with E-state index in [1.807, 2.05) is 0 Å². The first-order chi connectivity index (χ1) is 6.75. The molecule has 0 unspecified atom stereocenters. The quantitative estimate of drug-likeness (QED) is 0.446. The first-order valence-electron chi connectivity index (χ1n) is 4.66. The molecule has 0 aliphatic rings. The average Bonchev–Trinajstić information content (AvgIpc) is 2.19. The number of hydrogen-bond acceptors (Lipinski definition) is 3. The number of hydrogen-bond donors (Lipinski definition) is 1. The van der Waals surface area contributed by atoms with Crippen molar-refractivity contribution in [3.63, 3.8) is 0 Å². The summed E-state index contributed by atoms with van der Waals surface area (Å²) >= 11 is 0. The Balaban J connectivity index is 0.00000196. The largest absolute Gasteiger partial charge is 1.00 e. The minimum atomic E-state index is -1.13. The van der Waals surface area contributed by atoms with Gasteiger partial charge >= 0.3 is 51.4 Å². The van der Waals surface area contributed by atoms with E-state index in [9.17, 15) is 9.90 Å². The Labute approximate surface area is 132 Å². The molecule has 0 fully saturated rings. The van der Waals surface area contributed by atoms with Crippen molar-refractivity contribution in [2.24, 2.45) is 0 Å². The molecule has 0 saturated carbocycles. The van der Waals surface area contributed by atoms with E-state index in [-0.39, 0.29) is 63.6 Å². The SMILES string of the molecule is O=C([O-])c1ccccc1CCCCO.[K+]. The molecule has 0 aromatic heterocycles. The summed E-state index contributed by atoms with van der Waals surface area (Å²) < 4.78 is 0. The number of carboxylic acids is 1. The zero-order chi connectivity index (χ0) is 10.4. The molecule has 3 nitrogen and oxygen atoms in total. The third kappa shape index (κ3) is 5.24. The van der Waals surface area contributed by atoms with Crippen LogP contribution < -0.4 is 56.5 Å². The van der Waals surface area contributed by atoms with Crippen molar-refractivity contribution in [3.05, 3.63) is 35.4 Å². The van der Waals surface area contributed by atoms with E-state index in [0.717, 1.165) is 12.0 Å². The van der Waals surface area contributed by atoms with E-state index < -0.39 is 5.97 Å². The second kappa shape index (κ2) is 8.44. The van der Waals surface area contributed by atoms with Gasteiger partial charge in [0.25, 0.3) is 0 Å². The second-order valence-electron chi connectivity index (χ2n) is 3.13. The number of benzene rings is 1. The third-order valence-electron chi connectivity index (χ3n) is 2.09. The van der Waals surface area contributed by atoms with Crippen LogP contribution in [0.25, 0.3) is 0 Å². The Bertz CT molecular complexity index is 312. The fraction of sp³-hybridized carbons (Fsp3) is 0.364. The molecule has 1 aromatic carbocycles. The van der Waals surface area contributed by atoms with Gasteiger partial charge in [-0.05, 0) is 24.8 Å². The number of rotatable bonds is 5. The van der Waals surface area contributed by atoms with Crippen molar-refractivity contribution in [2.75, 3.05) is 6.61 Å². The summed E-state index contributed by atoms with van der Waals surface area (Å²) in [7, 11) is 0. The molecule has 0 bridgehead atoms. The van der Waals surface area contributed by atoms with Crippen LogP contribution in [0.5, 0.6) is 0 Å². The minimum absolute atomic E-state index is 0. The van der Waals surface area contributed by atoms with Crippen molar-refractivity contribution in [3.8, 4) is 0 Å². The van der Waals surface area contributed by atoms with Crippen LogP contribution in [-0.2, 0) is 6.42 Å². The van der Waals surface area contributed by atoms with Gasteiger partial charge in [0.15, 0.2) is 0 Å². The molecule has 0 aliphatic carbocycles. The zero-order valence-corrected chi connectivity index (χ0v) is 12.0. The Kier molecular flexibility index (Phi) is 8.60. The number of carboxylic acid groups (broad SMARTS) is 1. The Morgan fingerprint density at radius 3 is 2.53 bits per heavy atom. The monoisotopic (exact) mass is 232 g/mol. The summed E-state index contributed by atoms with van der Waals surface area (Å²) in [5.41, 5.74) is 1.03. The van der Waals surface area contributed by atoms with Gasteiger partial charge in [-0.1, -0.05) is 24.3 Å². The summed E-state index contributed by atoms with van der Waals surface area (Å²) in [6, 6.07) is 6.81. The van der Waals surface area contributed by atoms with Crippen LogP contribution >= 0.6 is 0 Å². The molecule has 1 N–H and O–H groups in total. The standard InChI is InChI=1S/C11H14O3.K/c12-8-4-3-6-9-5-1-2-7-10(9)11(13)14;/h1-2,5,7,12H,3-4,6,8H2,(H,13,14);/q;+1/p-1. The van der Waals surface area contributed by atoms with Gasteiger partial charge < -0.3 is 15.0 Å². The maximum absolute atomic E-state index is 10.7. The predicted molar refractivity (Wildman–Crippen MR) is 50.8 cm³/mol. The van der Waals surface area contributed by atoms with Crippen LogP contribution in [0.15, 0.2) is 24.3 Å². The molecule has 15 heavy (non-hydrogen) atoms. The molecule has 0 aliphatic heterocycles. The number of aryl methyl sites for hydroxylation is 1. The van der Waals surface area contributed by atoms with E-state index in [4.69, 9.17) is 5.11 Å². The van der Waals surface area contributed by atoms with E-state index in [2.05, 4.69) is 0 Å². The number of aliphatic hydroxyl groups is 1. The summed E-state index contributed by atoms with van der Waals surface area (Å²) in [4.78, 5) is 10.7. The number of unbranched alkanes of at least 4 members (excludes halogenated alkanes) is 1. The van der Waals surface area contributed by atoms with Crippen LogP contribution in [-0.4, -0.2) is 17.7 Å². The summed E-state index contributed by atoms with van der Waals surface area (Å²) in [5.74, 6) is -1.13. The van der Waals surface area contributed by atoms with Crippen molar-refractivity contribution in [2.45, 2.75) is 19.3 Å². The van der Waals surface area contributed by atoms with Crippen LogP contribution in [0.2, 0.25) is 0 Å². The number of carbonyl (C=O) groups excluding carboxylic acids is 1. The van der Waals surface area contributed by atoms with Crippen LogP contribution in [0.4, 0.5) is 0 Å². The molecule has 1 rings (SSSR count). The first kappa shape index (κ1) is 15.3. The smallest absolute Gasteiger partial charge is 0.545 e. The molecule has 4 heteroatoms. The van der Waals surface area contributed by atoms with Gasteiger partial charge in [-0.25, -0.2) is 0 Å². The number of carbonyl (C=O) groups is 1. The van der Waals surface area contributed by atoms with Crippen molar-refractivity contribution in [1.29, 1.82) is 0 Å². The summed E-state index contributed by atoms with van der Waals surface area (Å²) in [6.45, 7) is 0.146. The van der Waals surface area contributed by atoms with E-state index in [1.165, 1.54) is 0 Å². The van der Waals surface area contributed by atoms with Gasteiger partial charge in [0, 0.05) is 12.2 Å². The average molecular weight is 232 g/mol. The Morgan fingerprint density at radius 2 is 1.93 bits per heavy atom. The Hall–Kier alpha value is 0.286. The fourth-order valence-corrected chi connectivity index (χ4v) is 1.36.